The van der Waals surface area contributed by atoms with E-state index in [1.807, 2.05) is 11.8 Å². The number of nitrogens with zero attached hydrogens (tertiary/aromatic N) is 2. The van der Waals surface area contributed by atoms with Crippen LogP contribution < -0.4 is 10.9 Å². The predicted octanol–water partition coefficient (Wildman–Crippen LogP) is 3.50. The van der Waals surface area contributed by atoms with Gasteiger partial charge < -0.3 is 5.32 Å². The molecule has 0 radical (unpaired) electrons. The molecule has 4 nitrogen and oxygen atoms in total. The molecule has 112 valence electrons. The first-order valence-electron chi connectivity index (χ1n) is 7.22. The number of rotatable bonds is 6. The zero-order valence-corrected chi connectivity index (χ0v) is 14.5. The molecule has 1 N–H and O–H groups in total. The van der Waals surface area contributed by atoms with Gasteiger partial charge in [0, 0.05) is 17.8 Å². The van der Waals surface area contributed by atoms with E-state index in [2.05, 4.69) is 39.5 Å². The summed E-state index contributed by atoms with van der Waals surface area (Å²) >= 11 is 5.33. The summed E-state index contributed by atoms with van der Waals surface area (Å²) in [6.45, 7) is 2.80. The molecule has 1 fully saturated rings. The molecular formula is C14H22BrN3OS. The van der Waals surface area contributed by atoms with Crippen molar-refractivity contribution in [3.05, 3.63) is 21.0 Å². The van der Waals surface area contributed by atoms with Gasteiger partial charge in [-0.3, -0.25) is 4.79 Å². The Morgan fingerprint density at radius 2 is 2.35 bits per heavy atom. The average Bonchev–Trinajstić information content (AvgIpc) is 2.90. The number of halogens is 1. The first-order valence-corrected chi connectivity index (χ1v) is 9.30. The fraction of sp³-hybridized carbons (Fsp3) is 0.714. The third kappa shape index (κ3) is 3.58. The molecule has 1 aromatic heterocycles. The SMILES string of the molecule is CCCCn1ncc(NC2CCCC2SC)c(Br)c1=O. The summed E-state index contributed by atoms with van der Waals surface area (Å²) in [7, 11) is 0. The van der Waals surface area contributed by atoms with E-state index in [4.69, 9.17) is 0 Å². The maximum absolute atomic E-state index is 12.2. The number of hydrogen-bond acceptors (Lipinski definition) is 4. The zero-order valence-electron chi connectivity index (χ0n) is 12.1. The molecule has 1 aliphatic carbocycles. The van der Waals surface area contributed by atoms with Crippen molar-refractivity contribution < 1.29 is 0 Å². The lowest BCUT2D eigenvalue weighted by Gasteiger charge is -2.21. The van der Waals surface area contributed by atoms with Gasteiger partial charge in [0.25, 0.3) is 5.56 Å². The monoisotopic (exact) mass is 359 g/mol. The second kappa shape index (κ2) is 7.50. The smallest absolute Gasteiger partial charge is 0.283 e. The fourth-order valence-electron chi connectivity index (χ4n) is 2.61. The van der Waals surface area contributed by atoms with Crippen LogP contribution in [0.15, 0.2) is 15.5 Å². The molecule has 1 aromatic rings. The molecule has 0 aliphatic heterocycles. The molecular weight excluding hydrogens is 338 g/mol. The summed E-state index contributed by atoms with van der Waals surface area (Å²) in [5.74, 6) is 0. The highest BCUT2D eigenvalue weighted by molar-refractivity contribution is 9.10. The van der Waals surface area contributed by atoms with E-state index < -0.39 is 0 Å². The van der Waals surface area contributed by atoms with Crippen LogP contribution in [-0.2, 0) is 6.54 Å². The number of thioether (sulfide) groups is 1. The van der Waals surface area contributed by atoms with Crippen molar-refractivity contribution in [3.8, 4) is 0 Å². The molecule has 1 heterocycles. The Bertz CT molecular complexity index is 506. The summed E-state index contributed by atoms with van der Waals surface area (Å²) < 4.78 is 2.15. The fourth-order valence-corrected chi connectivity index (χ4v) is 3.96. The number of anilines is 1. The molecule has 2 rings (SSSR count). The van der Waals surface area contributed by atoms with Gasteiger partial charge in [-0.15, -0.1) is 0 Å². The lowest BCUT2D eigenvalue weighted by Crippen LogP contribution is -2.29. The molecule has 0 spiro atoms. The standard InChI is InChI=1S/C14H22BrN3OS/c1-3-4-8-18-14(19)13(15)11(9-16-18)17-10-6-5-7-12(10)20-2/h9-10,12,17H,3-8H2,1-2H3. The van der Waals surface area contributed by atoms with Crippen LogP contribution in [0.25, 0.3) is 0 Å². The van der Waals surface area contributed by atoms with E-state index in [1.54, 1.807) is 10.9 Å². The quantitative estimate of drug-likeness (QED) is 0.844. The largest absolute Gasteiger partial charge is 0.379 e. The van der Waals surface area contributed by atoms with E-state index in [9.17, 15) is 4.79 Å². The van der Waals surface area contributed by atoms with Crippen molar-refractivity contribution in [2.75, 3.05) is 11.6 Å². The molecule has 20 heavy (non-hydrogen) atoms. The normalized spacial score (nSPS) is 22.1. The van der Waals surface area contributed by atoms with E-state index in [0.717, 1.165) is 24.9 Å². The van der Waals surface area contributed by atoms with Gasteiger partial charge in [-0.05, 0) is 41.4 Å². The summed E-state index contributed by atoms with van der Waals surface area (Å²) in [6, 6.07) is 0.439. The lowest BCUT2D eigenvalue weighted by molar-refractivity contribution is 0.540. The first-order chi connectivity index (χ1) is 9.67. The summed E-state index contributed by atoms with van der Waals surface area (Å²) in [5, 5.41) is 8.39. The van der Waals surface area contributed by atoms with Gasteiger partial charge in [0.1, 0.15) is 4.47 Å². The molecule has 2 atom stereocenters. The minimum atomic E-state index is -0.0397. The molecule has 0 aromatic carbocycles. The topological polar surface area (TPSA) is 46.9 Å². The molecule has 1 aliphatic rings. The van der Waals surface area contributed by atoms with E-state index in [-0.39, 0.29) is 5.56 Å². The van der Waals surface area contributed by atoms with Crippen molar-refractivity contribution in [1.82, 2.24) is 9.78 Å². The Labute approximate surface area is 132 Å². The summed E-state index contributed by atoms with van der Waals surface area (Å²) in [4.78, 5) is 12.2. The van der Waals surface area contributed by atoms with E-state index in [1.165, 1.54) is 12.8 Å². The zero-order chi connectivity index (χ0) is 14.5. The second-order valence-corrected chi connectivity index (χ2v) is 7.08. The Morgan fingerprint density at radius 1 is 1.55 bits per heavy atom. The van der Waals surface area contributed by atoms with Crippen LogP contribution >= 0.6 is 27.7 Å². The van der Waals surface area contributed by atoms with Crippen LogP contribution in [0.3, 0.4) is 0 Å². The van der Waals surface area contributed by atoms with Crippen molar-refractivity contribution in [2.45, 2.75) is 56.9 Å². The average molecular weight is 360 g/mol. The molecule has 1 saturated carbocycles. The summed E-state index contributed by atoms with van der Waals surface area (Å²) in [5.41, 5.74) is 0.788. The van der Waals surface area contributed by atoms with Crippen molar-refractivity contribution in [2.24, 2.45) is 0 Å². The number of aromatic nitrogens is 2. The number of nitrogens with one attached hydrogen (secondary N) is 1. The maximum atomic E-state index is 12.2. The van der Waals surface area contributed by atoms with Gasteiger partial charge in [-0.2, -0.15) is 16.9 Å². The molecule has 0 bridgehead atoms. The number of aryl methyl sites for hydroxylation is 1. The van der Waals surface area contributed by atoms with Gasteiger partial charge in [0.2, 0.25) is 0 Å². The van der Waals surface area contributed by atoms with Crippen LogP contribution in [0.5, 0.6) is 0 Å². The lowest BCUT2D eigenvalue weighted by atomic mass is 10.2. The maximum Gasteiger partial charge on any atom is 0.283 e. The Morgan fingerprint density at radius 3 is 3.05 bits per heavy atom. The Kier molecular flexibility index (Phi) is 5.96. The highest BCUT2D eigenvalue weighted by Crippen LogP contribution is 2.31. The molecule has 2 unspecified atom stereocenters. The van der Waals surface area contributed by atoms with Crippen LogP contribution in [0.4, 0.5) is 5.69 Å². The van der Waals surface area contributed by atoms with Gasteiger partial charge in [0.05, 0.1) is 11.9 Å². The highest BCUT2D eigenvalue weighted by Gasteiger charge is 2.27. The number of unbranched alkanes of at least 4 members (excludes halogenated alkanes) is 1. The first kappa shape index (κ1) is 15.9. The van der Waals surface area contributed by atoms with Gasteiger partial charge in [-0.25, -0.2) is 4.68 Å². The van der Waals surface area contributed by atoms with Crippen molar-refractivity contribution in [1.29, 1.82) is 0 Å². The molecule has 0 saturated heterocycles. The van der Waals surface area contributed by atoms with E-state index >= 15 is 0 Å². The van der Waals surface area contributed by atoms with Gasteiger partial charge >= 0.3 is 0 Å². The second-order valence-electron chi connectivity index (χ2n) is 5.21. The van der Waals surface area contributed by atoms with Crippen LogP contribution in [0.2, 0.25) is 0 Å². The minimum Gasteiger partial charge on any atom is -0.379 e. The van der Waals surface area contributed by atoms with Crippen LogP contribution in [0.1, 0.15) is 39.0 Å². The van der Waals surface area contributed by atoms with Crippen molar-refractivity contribution in [3.63, 3.8) is 0 Å². The minimum absolute atomic E-state index is 0.0397. The Balaban J connectivity index is 2.13. The van der Waals surface area contributed by atoms with Gasteiger partial charge in [0.15, 0.2) is 0 Å². The van der Waals surface area contributed by atoms with Crippen molar-refractivity contribution >= 4 is 33.4 Å². The third-order valence-corrected chi connectivity index (χ3v) is 5.74. The van der Waals surface area contributed by atoms with Gasteiger partial charge in [-0.1, -0.05) is 19.8 Å². The third-order valence-electron chi connectivity index (χ3n) is 3.80. The van der Waals surface area contributed by atoms with E-state index in [0.29, 0.717) is 22.3 Å². The molecule has 0 amide bonds. The highest BCUT2D eigenvalue weighted by atomic mass is 79.9. The van der Waals surface area contributed by atoms with Crippen LogP contribution in [0, 0.1) is 0 Å². The summed E-state index contributed by atoms with van der Waals surface area (Å²) in [6.07, 6.45) is 9.63. The predicted molar refractivity (Wildman–Crippen MR) is 89.7 cm³/mol. The molecule has 6 heteroatoms. The Hall–Kier alpha value is -0.490. The number of hydrogen-bond donors (Lipinski definition) is 1. The van der Waals surface area contributed by atoms with Crippen LogP contribution in [-0.4, -0.2) is 27.3 Å².